The summed E-state index contributed by atoms with van der Waals surface area (Å²) in [6.45, 7) is -0.339. The highest BCUT2D eigenvalue weighted by atomic mass is 32.2. The molecule has 9 heteroatoms. The first-order valence-electron chi connectivity index (χ1n) is 7.40. The standard InChI is InChI=1S/C16H15F2NO4S2/c17-13-4-6-15(7-5-13)25(22,23)16-9-19(10-16)24(20,21)11-12-2-1-3-14(18)8-12/h1-8,16H,9-11H2. The van der Waals surface area contributed by atoms with Crippen molar-refractivity contribution in [3.63, 3.8) is 0 Å². The molecule has 25 heavy (non-hydrogen) atoms. The minimum Gasteiger partial charge on any atom is -0.223 e. The summed E-state index contributed by atoms with van der Waals surface area (Å²) >= 11 is 0. The number of sulfonamides is 1. The van der Waals surface area contributed by atoms with E-state index in [2.05, 4.69) is 0 Å². The molecule has 1 aliphatic rings. The molecule has 0 atom stereocenters. The fourth-order valence-electron chi connectivity index (χ4n) is 2.57. The van der Waals surface area contributed by atoms with Crippen LogP contribution in [0.4, 0.5) is 8.78 Å². The van der Waals surface area contributed by atoms with Crippen molar-refractivity contribution in [2.24, 2.45) is 0 Å². The molecule has 3 rings (SSSR count). The lowest BCUT2D eigenvalue weighted by molar-refractivity contribution is 0.309. The Balaban J connectivity index is 1.69. The predicted molar refractivity (Wildman–Crippen MR) is 88.0 cm³/mol. The zero-order chi connectivity index (χ0) is 18.2. The largest absolute Gasteiger partial charge is 0.223 e. The van der Waals surface area contributed by atoms with Crippen LogP contribution in [0.2, 0.25) is 0 Å². The molecular formula is C16H15F2NO4S2. The fourth-order valence-corrected chi connectivity index (χ4v) is 6.01. The smallest absolute Gasteiger partial charge is 0.218 e. The Morgan fingerprint density at radius 3 is 2.16 bits per heavy atom. The van der Waals surface area contributed by atoms with Crippen molar-refractivity contribution in [3.8, 4) is 0 Å². The summed E-state index contributed by atoms with van der Waals surface area (Å²) in [6, 6.07) is 9.66. The molecule has 1 aliphatic heterocycles. The molecule has 0 amide bonds. The van der Waals surface area contributed by atoms with E-state index < -0.39 is 42.5 Å². The Labute approximate surface area is 144 Å². The van der Waals surface area contributed by atoms with Gasteiger partial charge in [-0.1, -0.05) is 12.1 Å². The van der Waals surface area contributed by atoms with E-state index in [9.17, 15) is 25.6 Å². The number of benzene rings is 2. The Morgan fingerprint density at radius 2 is 1.56 bits per heavy atom. The van der Waals surface area contributed by atoms with E-state index in [1.165, 1.54) is 18.2 Å². The second kappa shape index (κ2) is 6.47. The molecule has 1 saturated heterocycles. The summed E-state index contributed by atoms with van der Waals surface area (Å²) in [5, 5.41) is -0.875. The molecule has 2 aromatic rings. The average molecular weight is 387 g/mol. The Kier molecular flexibility index (Phi) is 4.65. The lowest BCUT2D eigenvalue weighted by Crippen LogP contribution is -2.56. The first-order valence-corrected chi connectivity index (χ1v) is 10.6. The van der Waals surface area contributed by atoms with Crippen LogP contribution < -0.4 is 0 Å². The molecule has 0 spiro atoms. The summed E-state index contributed by atoms with van der Waals surface area (Å²) in [7, 11) is -7.46. The van der Waals surface area contributed by atoms with Gasteiger partial charge < -0.3 is 0 Å². The van der Waals surface area contributed by atoms with Gasteiger partial charge in [-0.3, -0.25) is 0 Å². The predicted octanol–water partition coefficient (Wildman–Crippen LogP) is 1.95. The normalized spacial score (nSPS) is 16.6. The quantitative estimate of drug-likeness (QED) is 0.736. The molecule has 0 aliphatic carbocycles. The molecule has 0 unspecified atom stereocenters. The van der Waals surface area contributed by atoms with Gasteiger partial charge in [0.1, 0.15) is 11.6 Å². The minimum atomic E-state index is -3.73. The average Bonchev–Trinajstić information content (AvgIpc) is 2.44. The van der Waals surface area contributed by atoms with Gasteiger partial charge in [-0.2, -0.15) is 4.31 Å². The molecule has 134 valence electrons. The SMILES string of the molecule is O=S(=O)(c1ccc(F)cc1)C1CN(S(=O)(=O)Cc2cccc(F)c2)C1. The molecule has 0 bridgehead atoms. The van der Waals surface area contributed by atoms with E-state index in [1.807, 2.05) is 0 Å². The van der Waals surface area contributed by atoms with Crippen molar-refractivity contribution in [1.29, 1.82) is 0 Å². The zero-order valence-corrected chi connectivity index (χ0v) is 14.6. The highest BCUT2D eigenvalue weighted by molar-refractivity contribution is 7.92. The third-order valence-corrected chi connectivity index (χ3v) is 7.92. The molecular weight excluding hydrogens is 372 g/mol. The van der Waals surface area contributed by atoms with E-state index in [1.54, 1.807) is 0 Å². The van der Waals surface area contributed by atoms with Gasteiger partial charge >= 0.3 is 0 Å². The van der Waals surface area contributed by atoms with Crippen molar-refractivity contribution in [2.75, 3.05) is 13.1 Å². The molecule has 0 saturated carbocycles. The minimum absolute atomic E-state index is 0.0407. The van der Waals surface area contributed by atoms with Crippen LogP contribution in [0.5, 0.6) is 0 Å². The molecule has 0 N–H and O–H groups in total. The number of rotatable bonds is 5. The number of sulfone groups is 1. The van der Waals surface area contributed by atoms with Crippen molar-refractivity contribution in [3.05, 3.63) is 65.7 Å². The van der Waals surface area contributed by atoms with E-state index in [0.717, 1.165) is 34.6 Å². The fraction of sp³-hybridized carbons (Fsp3) is 0.250. The Hall–Kier alpha value is -1.84. The van der Waals surface area contributed by atoms with Gasteiger partial charge in [-0.25, -0.2) is 25.6 Å². The van der Waals surface area contributed by atoms with Crippen LogP contribution in [0.1, 0.15) is 5.56 Å². The van der Waals surface area contributed by atoms with Crippen LogP contribution in [-0.4, -0.2) is 39.5 Å². The highest BCUT2D eigenvalue weighted by Crippen LogP contribution is 2.27. The Bertz CT molecular complexity index is 983. The van der Waals surface area contributed by atoms with Crippen molar-refractivity contribution in [2.45, 2.75) is 15.9 Å². The number of hydrogen-bond acceptors (Lipinski definition) is 4. The zero-order valence-electron chi connectivity index (χ0n) is 13.0. The van der Waals surface area contributed by atoms with Crippen molar-refractivity contribution < 1.29 is 25.6 Å². The van der Waals surface area contributed by atoms with Gasteiger partial charge in [0.2, 0.25) is 10.0 Å². The second-order valence-corrected chi connectivity index (χ2v) is 10.0. The lowest BCUT2D eigenvalue weighted by atomic mass is 10.2. The van der Waals surface area contributed by atoms with Crippen LogP contribution in [-0.2, 0) is 25.6 Å². The molecule has 2 aromatic carbocycles. The molecule has 0 radical (unpaired) electrons. The molecule has 5 nitrogen and oxygen atoms in total. The van der Waals surface area contributed by atoms with Crippen LogP contribution in [0.25, 0.3) is 0 Å². The maximum atomic E-state index is 13.2. The van der Waals surface area contributed by atoms with Crippen molar-refractivity contribution in [1.82, 2.24) is 4.31 Å². The van der Waals surface area contributed by atoms with Gasteiger partial charge in [-0.15, -0.1) is 0 Å². The summed E-state index contributed by atoms with van der Waals surface area (Å²) in [5.74, 6) is -1.48. The topological polar surface area (TPSA) is 71.5 Å². The number of hydrogen-bond donors (Lipinski definition) is 0. The maximum Gasteiger partial charge on any atom is 0.218 e. The lowest BCUT2D eigenvalue weighted by Gasteiger charge is -2.37. The van der Waals surface area contributed by atoms with E-state index in [-0.39, 0.29) is 18.0 Å². The van der Waals surface area contributed by atoms with Crippen LogP contribution in [0, 0.1) is 11.6 Å². The van der Waals surface area contributed by atoms with Gasteiger partial charge in [0.05, 0.1) is 15.9 Å². The molecule has 0 aromatic heterocycles. The first kappa shape index (κ1) is 18.0. The van der Waals surface area contributed by atoms with Gasteiger partial charge in [0.25, 0.3) is 0 Å². The summed E-state index contributed by atoms with van der Waals surface area (Å²) in [5.41, 5.74) is 0.296. The number of nitrogens with zero attached hydrogens (tertiary/aromatic N) is 1. The summed E-state index contributed by atoms with van der Waals surface area (Å²) in [4.78, 5) is -0.0407. The van der Waals surface area contributed by atoms with E-state index in [4.69, 9.17) is 0 Å². The highest BCUT2D eigenvalue weighted by Gasteiger charge is 2.43. The van der Waals surface area contributed by atoms with Crippen LogP contribution >= 0.6 is 0 Å². The third kappa shape index (κ3) is 3.73. The summed E-state index contributed by atoms with van der Waals surface area (Å²) in [6.07, 6.45) is 0. The second-order valence-electron chi connectivity index (χ2n) is 5.82. The van der Waals surface area contributed by atoms with Gasteiger partial charge in [0, 0.05) is 13.1 Å². The van der Waals surface area contributed by atoms with Crippen LogP contribution in [0.15, 0.2) is 53.4 Å². The van der Waals surface area contributed by atoms with Crippen molar-refractivity contribution >= 4 is 19.9 Å². The molecule has 1 heterocycles. The van der Waals surface area contributed by atoms with Gasteiger partial charge in [0.15, 0.2) is 9.84 Å². The number of halogens is 2. The van der Waals surface area contributed by atoms with Gasteiger partial charge in [-0.05, 0) is 42.0 Å². The Morgan fingerprint density at radius 1 is 0.920 bits per heavy atom. The monoisotopic (exact) mass is 387 g/mol. The van der Waals surface area contributed by atoms with Crippen LogP contribution in [0.3, 0.4) is 0 Å². The first-order chi connectivity index (χ1) is 11.7. The van der Waals surface area contributed by atoms with E-state index in [0.29, 0.717) is 5.56 Å². The maximum absolute atomic E-state index is 13.2. The van der Waals surface area contributed by atoms with E-state index >= 15 is 0 Å². The summed E-state index contributed by atoms with van der Waals surface area (Å²) < 4.78 is 76.6. The molecule has 1 fully saturated rings. The third-order valence-electron chi connectivity index (χ3n) is 4.03.